The zero-order valence-corrected chi connectivity index (χ0v) is 18.1. The van der Waals surface area contributed by atoms with E-state index < -0.39 is 0 Å². The molecule has 5 nitrogen and oxygen atoms in total. The van der Waals surface area contributed by atoms with Crippen molar-refractivity contribution in [1.82, 2.24) is 15.2 Å². The first-order chi connectivity index (χ1) is 14.7. The smallest absolute Gasteiger partial charge is 0.237 e. The summed E-state index contributed by atoms with van der Waals surface area (Å²) in [5.74, 6) is 0.142. The normalized spacial score (nSPS) is 21.8. The number of aromatic nitrogens is 1. The van der Waals surface area contributed by atoms with Crippen LogP contribution in [0.3, 0.4) is 0 Å². The average molecular weight is 428 g/mol. The Morgan fingerprint density at radius 1 is 1.13 bits per heavy atom. The lowest BCUT2D eigenvalue weighted by Gasteiger charge is -2.39. The summed E-state index contributed by atoms with van der Waals surface area (Å²) in [6.45, 7) is 3.82. The molecule has 1 unspecified atom stereocenters. The van der Waals surface area contributed by atoms with Crippen LogP contribution in [0.25, 0.3) is 0 Å². The summed E-state index contributed by atoms with van der Waals surface area (Å²) < 4.78 is 5.62. The van der Waals surface area contributed by atoms with E-state index in [1.807, 2.05) is 36.7 Å². The standard InChI is InChI=1S/C24H30ClN3O2/c25-21-6-4-20(5-7-21)24(10-15-30-16-11-24)18-27-23(29)22-3-1-2-14-28(22)17-19-8-12-26-13-9-19/h4-9,12-13,22H,1-3,10-11,14-18H2,(H,27,29). The molecule has 2 aromatic rings. The lowest BCUT2D eigenvalue weighted by molar-refractivity contribution is -0.128. The number of hydrogen-bond donors (Lipinski definition) is 1. The fourth-order valence-corrected chi connectivity index (χ4v) is 4.83. The third kappa shape index (κ3) is 5.02. The van der Waals surface area contributed by atoms with Gasteiger partial charge in [-0.2, -0.15) is 0 Å². The average Bonchev–Trinajstić information content (AvgIpc) is 2.80. The Balaban J connectivity index is 1.44. The SMILES string of the molecule is O=C(NCC1(c2ccc(Cl)cc2)CCOCC1)C1CCCCN1Cc1ccncc1. The number of carbonyl (C=O) groups is 1. The highest BCUT2D eigenvalue weighted by molar-refractivity contribution is 6.30. The second-order valence-electron chi connectivity index (χ2n) is 8.45. The Bertz CT molecular complexity index is 822. The van der Waals surface area contributed by atoms with Crippen molar-refractivity contribution in [2.24, 2.45) is 0 Å². The van der Waals surface area contributed by atoms with Gasteiger partial charge in [0.1, 0.15) is 0 Å². The van der Waals surface area contributed by atoms with Crippen molar-refractivity contribution in [1.29, 1.82) is 0 Å². The van der Waals surface area contributed by atoms with Gasteiger partial charge in [0, 0.05) is 49.1 Å². The lowest BCUT2D eigenvalue weighted by atomic mass is 9.74. The minimum atomic E-state index is -0.0942. The third-order valence-corrected chi connectivity index (χ3v) is 6.81. The summed E-state index contributed by atoms with van der Waals surface area (Å²) in [4.78, 5) is 19.7. The molecule has 6 heteroatoms. The molecule has 0 spiro atoms. The number of piperidine rings is 1. The number of likely N-dealkylation sites (tertiary alicyclic amines) is 1. The van der Waals surface area contributed by atoms with Crippen molar-refractivity contribution in [3.63, 3.8) is 0 Å². The van der Waals surface area contributed by atoms with Gasteiger partial charge in [-0.25, -0.2) is 0 Å². The first-order valence-electron chi connectivity index (χ1n) is 10.9. The van der Waals surface area contributed by atoms with Gasteiger partial charge in [-0.05, 0) is 67.6 Å². The molecule has 2 aliphatic rings. The van der Waals surface area contributed by atoms with Gasteiger partial charge < -0.3 is 10.1 Å². The molecule has 160 valence electrons. The number of halogens is 1. The molecule has 1 aromatic heterocycles. The predicted octanol–water partition coefficient (Wildman–Crippen LogP) is 3.95. The van der Waals surface area contributed by atoms with E-state index in [-0.39, 0.29) is 17.4 Å². The largest absolute Gasteiger partial charge is 0.381 e. The van der Waals surface area contributed by atoms with Gasteiger partial charge in [-0.15, -0.1) is 0 Å². The highest BCUT2D eigenvalue weighted by Crippen LogP contribution is 2.35. The molecule has 0 bridgehead atoms. The number of benzene rings is 1. The minimum absolute atomic E-state index is 0.0750. The predicted molar refractivity (Wildman–Crippen MR) is 118 cm³/mol. The van der Waals surface area contributed by atoms with Crippen molar-refractivity contribution in [2.45, 2.75) is 50.1 Å². The number of amides is 1. The highest BCUT2D eigenvalue weighted by atomic mass is 35.5. The molecule has 4 rings (SSSR count). The summed E-state index contributed by atoms with van der Waals surface area (Å²) in [6.07, 6.45) is 8.58. The molecule has 3 heterocycles. The van der Waals surface area contributed by atoms with E-state index in [0.717, 1.165) is 63.4 Å². The molecule has 0 saturated carbocycles. The van der Waals surface area contributed by atoms with Gasteiger partial charge in [0.05, 0.1) is 6.04 Å². The van der Waals surface area contributed by atoms with Crippen LogP contribution in [-0.4, -0.2) is 48.1 Å². The second kappa shape index (κ2) is 9.90. The van der Waals surface area contributed by atoms with E-state index >= 15 is 0 Å². The molecule has 30 heavy (non-hydrogen) atoms. The van der Waals surface area contributed by atoms with Crippen LogP contribution in [0, 0.1) is 0 Å². The Kier molecular flexibility index (Phi) is 7.03. The van der Waals surface area contributed by atoms with Crippen LogP contribution in [-0.2, 0) is 21.5 Å². The molecule has 0 aliphatic carbocycles. The summed E-state index contributed by atoms with van der Waals surface area (Å²) in [7, 11) is 0. The van der Waals surface area contributed by atoms with Crippen molar-refractivity contribution >= 4 is 17.5 Å². The molecule has 2 saturated heterocycles. The van der Waals surface area contributed by atoms with Crippen molar-refractivity contribution in [3.8, 4) is 0 Å². The molecule has 0 radical (unpaired) electrons. The summed E-state index contributed by atoms with van der Waals surface area (Å²) >= 11 is 6.10. The molecule has 2 aliphatic heterocycles. The van der Waals surface area contributed by atoms with Crippen LogP contribution in [0.5, 0.6) is 0 Å². The summed E-state index contributed by atoms with van der Waals surface area (Å²) in [6, 6.07) is 12.0. The Morgan fingerprint density at radius 3 is 2.60 bits per heavy atom. The van der Waals surface area contributed by atoms with E-state index in [2.05, 4.69) is 27.3 Å². The van der Waals surface area contributed by atoms with Gasteiger partial charge in [0.15, 0.2) is 0 Å². The van der Waals surface area contributed by atoms with E-state index in [4.69, 9.17) is 16.3 Å². The van der Waals surface area contributed by atoms with E-state index in [1.54, 1.807) is 0 Å². The fourth-order valence-electron chi connectivity index (χ4n) is 4.71. The first-order valence-corrected chi connectivity index (χ1v) is 11.3. The van der Waals surface area contributed by atoms with Crippen molar-refractivity contribution < 1.29 is 9.53 Å². The maximum Gasteiger partial charge on any atom is 0.237 e. The van der Waals surface area contributed by atoms with Crippen LogP contribution in [0.1, 0.15) is 43.2 Å². The van der Waals surface area contributed by atoms with Crippen molar-refractivity contribution in [2.75, 3.05) is 26.3 Å². The highest BCUT2D eigenvalue weighted by Gasteiger charge is 2.36. The third-order valence-electron chi connectivity index (χ3n) is 6.56. The van der Waals surface area contributed by atoms with E-state index in [0.29, 0.717) is 6.54 Å². The molecule has 1 N–H and O–H groups in total. The van der Waals surface area contributed by atoms with Crippen LogP contribution in [0.15, 0.2) is 48.8 Å². The van der Waals surface area contributed by atoms with Crippen LogP contribution in [0.2, 0.25) is 5.02 Å². The van der Waals surface area contributed by atoms with Crippen LogP contribution < -0.4 is 5.32 Å². The maximum absolute atomic E-state index is 13.3. The Labute approximate surface area is 183 Å². The molecular weight excluding hydrogens is 398 g/mol. The number of carbonyl (C=O) groups excluding carboxylic acids is 1. The number of pyridine rings is 1. The van der Waals surface area contributed by atoms with Gasteiger partial charge in [0.25, 0.3) is 0 Å². The fraction of sp³-hybridized carbons (Fsp3) is 0.500. The van der Waals surface area contributed by atoms with E-state index in [9.17, 15) is 4.79 Å². The Hall–Kier alpha value is -1.95. The molecule has 2 fully saturated rings. The number of nitrogens with zero attached hydrogens (tertiary/aromatic N) is 2. The summed E-state index contributed by atoms with van der Waals surface area (Å²) in [5.41, 5.74) is 2.34. The number of nitrogens with one attached hydrogen (secondary N) is 1. The Morgan fingerprint density at radius 2 is 1.87 bits per heavy atom. The van der Waals surface area contributed by atoms with Gasteiger partial charge in [0.2, 0.25) is 5.91 Å². The van der Waals surface area contributed by atoms with Crippen molar-refractivity contribution in [3.05, 3.63) is 64.9 Å². The maximum atomic E-state index is 13.3. The zero-order chi connectivity index (χ0) is 20.8. The summed E-state index contributed by atoms with van der Waals surface area (Å²) in [5, 5.41) is 4.05. The van der Waals surface area contributed by atoms with Crippen LogP contribution >= 0.6 is 11.6 Å². The van der Waals surface area contributed by atoms with Gasteiger partial charge in [-0.1, -0.05) is 30.2 Å². The lowest BCUT2D eigenvalue weighted by Crippen LogP contribution is -2.52. The zero-order valence-electron chi connectivity index (χ0n) is 17.4. The monoisotopic (exact) mass is 427 g/mol. The molecule has 1 aromatic carbocycles. The number of rotatable bonds is 6. The molecule has 1 amide bonds. The second-order valence-corrected chi connectivity index (χ2v) is 8.89. The minimum Gasteiger partial charge on any atom is -0.381 e. The van der Waals surface area contributed by atoms with Gasteiger partial charge >= 0.3 is 0 Å². The van der Waals surface area contributed by atoms with Gasteiger partial charge in [-0.3, -0.25) is 14.7 Å². The topological polar surface area (TPSA) is 54.5 Å². The molecular formula is C24H30ClN3O2. The van der Waals surface area contributed by atoms with E-state index in [1.165, 1.54) is 11.1 Å². The number of ether oxygens (including phenoxy) is 1. The first kappa shape index (κ1) is 21.3. The van der Waals surface area contributed by atoms with Crippen LogP contribution in [0.4, 0.5) is 0 Å². The quantitative estimate of drug-likeness (QED) is 0.758. The number of hydrogen-bond acceptors (Lipinski definition) is 4. The molecule has 1 atom stereocenters.